The first-order valence-corrected chi connectivity index (χ1v) is 11.8. The van der Waals surface area contributed by atoms with Crippen molar-refractivity contribution in [1.82, 2.24) is 14.9 Å². The van der Waals surface area contributed by atoms with Crippen LogP contribution in [0.2, 0.25) is 0 Å². The summed E-state index contributed by atoms with van der Waals surface area (Å²) >= 11 is 0. The summed E-state index contributed by atoms with van der Waals surface area (Å²) in [6, 6.07) is 16.2. The fraction of sp³-hybridized carbons (Fsp3) is 0.222. The van der Waals surface area contributed by atoms with Crippen LogP contribution in [0.1, 0.15) is 28.8 Å². The van der Waals surface area contributed by atoms with Crippen molar-refractivity contribution in [3.8, 4) is 17.2 Å². The number of aromatic nitrogens is 2. The molecule has 0 unspecified atom stereocenters. The average molecular weight is 487 g/mol. The van der Waals surface area contributed by atoms with E-state index in [1.807, 2.05) is 18.2 Å². The molecule has 2 aliphatic heterocycles. The minimum atomic E-state index is -0.375. The SMILES string of the molecule is O=C(NCc1ccc2c(c1)OCO2)c1ccc2c(=O)n(-c3ccc(F)cc3)c(N3CCCC3)nc2c1. The number of ether oxygens (including phenoxy) is 2. The summed E-state index contributed by atoms with van der Waals surface area (Å²) in [6.45, 7) is 2.05. The maximum Gasteiger partial charge on any atom is 0.267 e. The molecule has 1 aromatic heterocycles. The maximum absolute atomic E-state index is 13.6. The van der Waals surface area contributed by atoms with Gasteiger partial charge in [0.15, 0.2) is 11.5 Å². The van der Waals surface area contributed by atoms with Crippen LogP contribution in [0.25, 0.3) is 16.6 Å². The molecule has 0 radical (unpaired) electrons. The lowest BCUT2D eigenvalue weighted by atomic mass is 10.1. The highest BCUT2D eigenvalue weighted by Gasteiger charge is 2.22. The number of hydrogen-bond acceptors (Lipinski definition) is 6. The van der Waals surface area contributed by atoms with Gasteiger partial charge in [-0.1, -0.05) is 6.07 Å². The Balaban J connectivity index is 1.33. The van der Waals surface area contributed by atoms with Crippen LogP contribution < -0.4 is 25.2 Å². The first-order chi connectivity index (χ1) is 17.6. The molecule has 1 saturated heterocycles. The number of carbonyl (C=O) groups excluding carboxylic acids is 1. The summed E-state index contributed by atoms with van der Waals surface area (Å²) in [5.74, 6) is 1.19. The smallest absolute Gasteiger partial charge is 0.267 e. The van der Waals surface area contributed by atoms with Gasteiger partial charge in [0, 0.05) is 25.2 Å². The molecule has 0 bridgehead atoms. The zero-order chi connectivity index (χ0) is 24.6. The standard InChI is InChI=1S/C27H23FN4O4/c28-19-5-7-20(8-6-19)32-26(34)21-9-4-18(14-22(21)30-27(32)31-11-1-2-12-31)25(33)29-15-17-3-10-23-24(13-17)36-16-35-23/h3-10,13-14H,1-2,11-12,15-16H2,(H,29,33). The van der Waals surface area contributed by atoms with Crippen LogP contribution in [-0.2, 0) is 6.54 Å². The van der Waals surface area contributed by atoms with Crippen molar-refractivity contribution in [2.75, 3.05) is 24.8 Å². The number of benzene rings is 3. The number of nitrogens with zero attached hydrogens (tertiary/aromatic N) is 3. The van der Waals surface area contributed by atoms with Gasteiger partial charge >= 0.3 is 0 Å². The van der Waals surface area contributed by atoms with E-state index in [0.717, 1.165) is 31.5 Å². The summed E-state index contributed by atoms with van der Waals surface area (Å²) in [7, 11) is 0. The van der Waals surface area contributed by atoms with Gasteiger partial charge in [-0.25, -0.2) is 13.9 Å². The van der Waals surface area contributed by atoms with Crippen molar-refractivity contribution < 1.29 is 18.7 Å². The highest BCUT2D eigenvalue weighted by atomic mass is 19.1. The van der Waals surface area contributed by atoms with Gasteiger partial charge in [-0.3, -0.25) is 9.59 Å². The molecule has 4 aromatic rings. The Morgan fingerprint density at radius 1 is 0.972 bits per heavy atom. The number of carbonyl (C=O) groups is 1. The number of fused-ring (bicyclic) bond motifs is 2. The summed E-state index contributed by atoms with van der Waals surface area (Å²) < 4.78 is 25.8. The normalized spacial score (nSPS) is 14.4. The van der Waals surface area contributed by atoms with E-state index in [1.165, 1.54) is 16.7 Å². The lowest BCUT2D eigenvalue weighted by molar-refractivity contribution is 0.0951. The Hall–Kier alpha value is -4.40. The van der Waals surface area contributed by atoms with Crippen molar-refractivity contribution in [1.29, 1.82) is 0 Å². The third kappa shape index (κ3) is 4.02. The topological polar surface area (TPSA) is 85.7 Å². The van der Waals surface area contributed by atoms with Gasteiger partial charge in [0.25, 0.3) is 11.5 Å². The van der Waals surface area contributed by atoms with Gasteiger partial charge in [-0.15, -0.1) is 0 Å². The number of amides is 1. The second-order valence-electron chi connectivity index (χ2n) is 8.83. The van der Waals surface area contributed by atoms with E-state index in [2.05, 4.69) is 10.2 Å². The van der Waals surface area contributed by atoms with E-state index in [9.17, 15) is 14.0 Å². The molecule has 1 N–H and O–H groups in total. The van der Waals surface area contributed by atoms with Crippen LogP contribution in [0.4, 0.5) is 10.3 Å². The number of nitrogens with one attached hydrogen (secondary N) is 1. The van der Waals surface area contributed by atoms with Gasteiger partial charge in [0.05, 0.1) is 16.6 Å². The van der Waals surface area contributed by atoms with E-state index < -0.39 is 0 Å². The molecule has 2 aliphatic rings. The predicted octanol–water partition coefficient (Wildman–Crippen LogP) is 3.78. The predicted molar refractivity (Wildman–Crippen MR) is 132 cm³/mol. The van der Waals surface area contributed by atoms with Gasteiger partial charge in [0.1, 0.15) is 5.82 Å². The lowest BCUT2D eigenvalue weighted by Crippen LogP contribution is -2.30. The molecular formula is C27H23FN4O4. The molecule has 9 heteroatoms. The number of anilines is 1. The zero-order valence-electron chi connectivity index (χ0n) is 19.4. The van der Waals surface area contributed by atoms with Crippen molar-refractivity contribution in [2.24, 2.45) is 0 Å². The van der Waals surface area contributed by atoms with Crippen LogP contribution in [0.15, 0.2) is 65.5 Å². The van der Waals surface area contributed by atoms with Gasteiger partial charge in [0.2, 0.25) is 12.7 Å². The third-order valence-electron chi connectivity index (χ3n) is 6.48. The number of halogens is 1. The van der Waals surface area contributed by atoms with Crippen molar-refractivity contribution in [2.45, 2.75) is 19.4 Å². The van der Waals surface area contributed by atoms with Crippen LogP contribution in [0.5, 0.6) is 11.5 Å². The van der Waals surface area contributed by atoms with E-state index in [-0.39, 0.29) is 24.1 Å². The molecule has 0 aliphatic carbocycles. The summed E-state index contributed by atoms with van der Waals surface area (Å²) in [6.07, 6.45) is 2.00. The van der Waals surface area contributed by atoms with Gasteiger partial charge in [-0.05, 0) is 73.0 Å². The minimum Gasteiger partial charge on any atom is -0.454 e. The number of hydrogen-bond donors (Lipinski definition) is 1. The van der Waals surface area contributed by atoms with E-state index in [1.54, 1.807) is 30.3 Å². The largest absolute Gasteiger partial charge is 0.454 e. The van der Waals surface area contributed by atoms with E-state index in [0.29, 0.717) is 46.1 Å². The van der Waals surface area contributed by atoms with Crippen LogP contribution in [-0.4, -0.2) is 35.3 Å². The minimum absolute atomic E-state index is 0.192. The molecule has 3 aromatic carbocycles. The summed E-state index contributed by atoms with van der Waals surface area (Å²) in [4.78, 5) is 33.3. The molecule has 0 spiro atoms. The molecule has 0 atom stereocenters. The molecule has 8 nitrogen and oxygen atoms in total. The number of rotatable bonds is 5. The molecule has 1 fully saturated rings. The quantitative estimate of drug-likeness (QED) is 0.462. The molecule has 182 valence electrons. The maximum atomic E-state index is 13.6. The van der Waals surface area contributed by atoms with Crippen LogP contribution in [0, 0.1) is 5.82 Å². The molecule has 0 saturated carbocycles. The third-order valence-corrected chi connectivity index (χ3v) is 6.48. The lowest BCUT2D eigenvalue weighted by Gasteiger charge is -2.22. The Bertz CT molecular complexity index is 1530. The molecular weight excluding hydrogens is 463 g/mol. The second kappa shape index (κ2) is 8.99. The van der Waals surface area contributed by atoms with Crippen LogP contribution in [0.3, 0.4) is 0 Å². The zero-order valence-corrected chi connectivity index (χ0v) is 19.4. The van der Waals surface area contributed by atoms with Crippen molar-refractivity contribution >= 4 is 22.8 Å². The first-order valence-electron chi connectivity index (χ1n) is 11.8. The van der Waals surface area contributed by atoms with E-state index >= 15 is 0 Å². The monoisotopic (exact) mass is 486 g/mol. The van der Waals surface area contributed by atoms with Crippen LogP contribution >= 0.6 is 0 Å². The Morgan fingerprint density at radius 2 is 1.75 bits per heavy atom. The molecule has 3 heterocycles. The summed E-state index contributed by atoms with van der Waals surface area (Å²) in [5, 5.41) is 3.29. The highest BCUT2D eigenvalue weighted by Crippen LogP contribution is 2.32. The summed E-state index contributed by atoms with van der Waals surface area (Å²) in [5.41, 5.74) is 2.01. The van der Waals surface area contributed by atoms with Gasteiger partial charge in [-0.2, -0.15) is 0 Å². The Kier molecular flexibility index (Phi) is 5.52. The fourth-order valence-corrected chi connectivity index (χ4v) is 4.60. The molecule has 36 heavy (non-hydrogen) atoms. The van der Waals surface area contributed by atoms with E-state index in [4.69, 9.17) is 14.5 Å². The second-order valence-corrected chi connectivity index (χ2v) is 8.83. The fourth-order valence-electron chi connectivity index (χ4n) is 4.60. The average Bonchev–Trinajstić information content (AvgIpc) is 3.60. The molecule has 6 rings (SSSR count). The first kappa shape index (κ1) is 22.1. The Morgan fingerprint density at radius 3 is 2.56 bits per heavy atom. The van der Waals surface area contributed by atoms with Crippen molar-refractivity contribution in [3.05, 3.63) is 88.0 Å². The Labute approximate surface area is 205 Å². The van der Waals surface area contributed by atoms with Crippen molar-refractivity contribution in [3.63, 3.8) is 0 Å². The highest BCUT2D eigenvalue weighted by molar-refractivity contribution is 5.97. The molecule has 1 amide bonds. The van der Waals surface area contributed by atoms with Gasteiger partial charge < -0.3 is 19.7 Å².